The Kier molecular flexibility index (Phi) is 3.60. The SMILES string of the molecule is CN1CCCCC1C(=O)N1CC2CCCCC2C1. The molecule has 102 valence electrons. The third kappa shape index (κ3) is 2.29. The van der Waals surface area contributed by atoms with Gasteiger partial charge in [0.05, 0.1) is 6.04 Å². The fourth-order valence-electron chi connectivity index (χ4n) is 4.18. The summed E-state index contributed by atoms with van der Waals surface area (Å²) >= 11 is 0. The van der Waals surface area contributed by atoms with Gasteiger partial charge in [0.15, 0.2) is 0 Å². The van der Waals surface area contributed by atoms with Gasteiger partial charge in [0.1, 0.15) is 0 Å². The Morgan fingerprint density at radius 2 is 1.56 bits per heavy atom. The minimum Gasteiger partial charge on any atom is -0.341 e. The van der Waals surface area contributed by atoms with Gasteiger partial charge in [-0.1, -0.05) is 19.3 Å². The number of carbonyl (C=O) groups excluding carboxylic acids is 1. The standard InChI is InChI=1S/C15H26N2O/c1-16-9-5-4-8-14(16)15(18)17-10-12-6-2-3-7-13(12)11-17/h12-14H,2-11H2,1H3. The molecule has 0 N–H and O–H groups in total. The van der Waals surface area contributed by atoms with E-state index in [1.54, 1.807) is 0 Å². The first kappa shape index (κ1) is 12.5. The summed E-state index contributed by atoms with van der Waals surface area (Å²) in [6.07, 6.45) is 9.02. The summed E-state index contributed by atoms with van der Waals surface area (Å²) in [5.41, 5.74) is 0. The van der Waals surface area contributed by atoms with Crippen molar-refractivity contribution in [2.45, 2.75) is 51.0 Å². The van der Waals surface area contributed by atoms with Crippen molar-refractivity contribution in [3.8, 4) is 0 Å². The fourth-order valence-corrected chi connectivity index (χ4v) is 4.18. The van der Waals surface area contributed by atoms with Gasteiger partial charge < -0.3 is 4.90 Å². The van der Waals surface area contributed by atoms with Crippen LogP contribution in [-0.2, 0) is 4.79 Å². The molecule has 3 unspecified atom stereocenters. The minimum absolute atomic E-state index is 0.180. The number of carbonyl (C=O) groups is 1. The molecule has 2 saturated heterocycles. The summed E-state index contributed by atoms with van der Waals surface area (Å²) in [5, 5.41) is 0. The van der Waals surface area contributed by atoms with Crippen molar-refractivity contribution < 1.29 is 4.79 Å². The van der Waals surface area contributed by atoms with Crippen molar-refractivity contribution >= 4 is 5.91 Å². The molecule has 0 aromatic carbocycles. The van der Waals surface area contributed by atoms with Crippen molar-refractivity contribution in [3.63, 3.8) is 0 Å². The first-order chi connectivity index (χ1) is 8.75. The molecular weight excluding hydrogens is 224 g/mol. The van der Waals surface area contributed by atoms with Gasteiger partial charge in [-0.2, -0.15) is 0 Å². The highest BCUT2D eigenvalue weighted by atomic mass is 16.2. The third-order valence-electron chi connectivity index (χ3n) is 5.34. The number of hydrogen-bond acceptors (Lipinski definition) is 2. The fraction of sp³-hybridized carbons (Fsp3) is 0.933. The molecular formula is C15H26N2O. The predicted molar refractivity (Wildman–Crippen MR) is 72.3 cm³/mol. The van der Waals surface area contributed by atoms with E-state index in [1.165, 1.54) is 38.5 Å². The van der Waals surface area contributed by atoms with E-state index in [0.717, 1.165) is 37.9 Å². The number of likely N-dealkylation sites (tertiary alicyclic amines) is 2. The number of nitrogens with zero attached hydrogens (tertiary/aromatic N) is 2. The van der Waals surface area contributed by atoms with Crippen LogP contribution in [0.4, 0.5) is 0 Å². The number of fused-ring (bicyclic) bond motifs is 1. The van der Waals surface area contributed by atoms with Gasteiger partial charge in [-0.3, -0.25) is 9.69 Å². The zero-order valence-corrected chi connectivity index (χ0v) is 11.6. The van der Waals surface area contributed by atoms with E-state index in [0.29, 0.717) is 5.91 Å². The van der Waals surface area contributed by atoms with E-state index in [2.05, 4.69) is 16.8 Å². The van der Waals surface area contributed by atoms with Gasteiger partial charge in [-0.05, 0) is 51.1 Å². The Morgan fingerprint density at radius 1 is 0.944 bits per heavy atom. The van der Waals surface area contributed by atoms with Crippen molar-refractivity contribution in [1.29, 1.82) is 0 Å². The van der Waals surface area contributed by atoms with Crippen LogP contribution in [0.2, 0.25) is 0 Å². The molecule has 0 aromatic heterocycles. The average molecular weight is 250 g/mol. The zero-order valence-electron chi connectivity index (χ0n) is 11.6. The van der Waals surface area contributed by atoms with Gasteiger partial charge in [0.2, 0.25) is 5.91 Å². The van der Waals surface area contributed by atoms with Gasteiger partial charge in [-0.25, -0.2) is 0 Å². The van der Waals surface area contributed by atoms with Crippen molar-refractivity contribution in [2.75, 3.05) is 26.7 Å². The van der Waals surface area contributed by atoms with E-state index in [1.807, 2.05) is 0 Å². The Balaban J connectivity index is 1.62. The van der Waals surface area contributed by atoms with Crippen LogP contribution in [0.1, 0.15) is 44.9 Å². The maximum absolute atomic E-state index is 12.6. The molecule has 1 aliphatic carbocycles. The molecule has 0 spiro atoms. The molecule has 3 fully saturated rings. The molecule has 3 heteroatoms. The molecule has 2 aliphatic heterocycles. The monoisotopic (exact) mass is 250 g/mol. The summed E-state index contributed by atoms with van der Waals surface area (Å²) in [5.74, 6) is 2.06. The molecule has 3 atom stereocenters. The first-order valence-corrected chi connectivity index (χ1v) is 7.75. The van der Waals surface area contributed by atoms with Crippen LogP contribution in [0.5, 0.6) is 0 Å². The molecule has 1 amide bonds. The van der Waals surface area contributed by atoms with Crippen molar-refractivity contribution in [3.05, 3.63) is 0 Å². The maximum atomic E-state index is 12.6. The highest BCUT2D eigenvalue weighted by Gasteiger charge is 2.39. The second kappa shape index (κ2) is 5.20. The van der Waals surface area contributed by atoms with Gasteiger partial charge in [0.25, 0.3) is 0 Å². The summed E-state index contributed by atoms with van der Waals surface area (Å²) in [4.78, 5) is 17.1. The van der Waals surface area contributed by atoms with Crippen LogP contribution in [0.3, 0.4) is 0 Å². The molecule has 2 heterocycles. The Hall–Kier alpha value is -0.570. The van der Waals surface area contributed by atoms with Gasteiger partial charge in [-0.15, -0.1) is 0 Å². The lowest BCUT2D eigenvalue weighted by molar-refractivity contribution is -0.136. The minimum atomic E-state index is 0.180. The average Bonchev–Trinajstić information content (AvgIpc) is 2.82. The van der Waals surface area contributed by atoms with Crippen molar-refractivity contribution in [1.82, 2.24) is 9.80 Å². The Labute approximate surface area is 111 Å². The largest absolute Gasteiger partial charge is 0.341 e. The second-order valence-electron chi connectivity index (χ2n) is 6.54. The van der Waals surface area contributed by atoms with E-state index >= 15 is 0 Å². The van der Waals surface area contributed by atoms with Crippen LogP contribution >= 0.6 is 0 Å². The number of rotatable bonds is 1. The van der Waals surface area contributed by atoms with Crippen LogP contribution in [0, 0.1) is 11.8 Å². The molecule has 1 saturated carbocycles. The van der Waals surface area contributed by atoms with E-state index in [4.69, 9.17) is 0 Å². The molecule has 3 nitrogen and oxygen atoms in total. The van der Waals surface area contributed by atoms with E-state index in [-0.39, 0.29) is 6.04 Å². The lowest BCUT2D eigenvalue weighted by Crippen LogP contribution is -2.48. The van der Waals surface area contributed by atoms with Crippen molar-refractivity contribution in [2.24, 2.45) is 11.8 Å². The summed E-state index contributed by atoms with van der Waals surface area (Å²) in [7, 11) is 2.12. The smallest absolute Gasteiger partial charge is 0.239 e. The second-order valence-corrected chi connectivity index (χ2v) is 6.54. The first-order valence-electron chi connectivity index (χ1n) is 7.75. The van der Waals surface area contributed by atoms with Crippen LogP contribution in [0.25, 0.3) is 0 Å². The molecule has 3 rings (SSSR count). The molecule has 0 aromatic rings. The molecule has 3 aliphatic rings. The number of likely N-dealkylation sites (N-methyl/N-ethyl adjacent to an activating group) is 1. The van der Waals surface area contributed by atoms with Crippen LogP contribution in [0.15, 0.2) is 0 Å². The Morgan fingerprint density at radius 3 is 2.17 bits per heavy atom. The Bertz CT molecular complexity index is 304. The molecule has 0 radical (unpaired) electrons. The maximum Gasteiger partial charge on any atom is 0.239 e. The molecule has 0 bridgehead atoms. The quantitative estimate of drug-likeness (QED) is 0.711. The zero-order chi connectivity index (χ0) is 12.5. The lowest BCUT2D eigenvalue weighted by Gasteiger charge is -2.34. The topological polar surface area (TPSA) is 23.6 Å². The highest BCUT2D eigenvalue weighted by Crippen LogP contribution is 2.36. The highest BCUT2D eigenvalue weighted by molar-refractivity contribution is 5.82. The lowest BCUT2D eigenvalue weighted by atomic mass is 9.82. The third-order valence-corrected chi connectivity index (χ3v) is 5.34. The normalized spacial score (nSPS) is 37.6. The van der Waals surface area contributed by atoms with Crippen LogP contribution in [-0.4, -0.2) is 48.4 Å². The summed E-state index contributed by atoms with van der Waals surface area (Å²) in [6, 6.07) is 0.180. The predicted octanol–water partition coefficient (Wildman–Crippen LogP) is 2.12. The van der Waals surface area contributed by atoms with E-state index < -0.39 is 0 Å². The van der Waals surface area contributed by atoms with Crippen LogP contribution < -0.4 is 0 Å². The summed E-state index contributed by atoms with van der Waals surface area (Å²) in [6.45, 7) is 3.19. The number of piperidine rings is 1. The number of amides is 1. The summed E-state index contributed by atoms with van der Waals surface area (Å²) < 4.78 is 0. The van der Waals surface area contributed by atoms with Gasteiger partial charge in [0, 0.05) is 13.1 Å². The van der Waals surface area contributed by atoms with E-state index in [9.17, 15) is 4.79 Å². The van der Waals surface area contributed by atoms with Gasteiger partial charge >= 0.3 is 0 Å². The number of hydrogen-bond donors (Lipinski definition) is 0. The molecule has 18 heavy (non-hydrogen) atoms.